The normalized spacial score (nSPS) is 18.5. The Bertz CT molecular complexity index is 1440. The maximum absolute atomic E-state index is 14.5. The first-order valence-corrected chi connectivity index (χ1v) is 11.9. The number of aliphatic hydroxyl groups is 1. The minimum atomic E-state index is -0.580. The monoisotopic (exact) mass is 493 g/mol. The lowest BCUT2D eigenvalue weighted by molar-refractivity contribution is 0.0544. The third-order valence-electron chi connectivity index (χ3n) is 6.20. The fraction of sp³-hybridized carbons (Fsp3) is 0.360. The molecule has 1 amide bonds. The maximum Gasteiger partial charge on any atom is 0.317 e. The van der Waals surface area contributed by atoms with Gasteiger partial charge in [0, 0.05) is 54.2 Å². The molecule has 2 aromatic heterocycles. The highest BCUT2D eigenvalue weighted by atomic mass is 19.1. The van der Waals surface area contributed by atoms with Crippen LogP contribution >= 0.6 is 0 Å². The number of aromatic nitrogens is 4. The quantitative estimate of drug-likeness (QED) is 0.308. The Labute approximate surface area is 206 Å². The van der Waals surface area contributed by atoms with Gasteiger partial charge in [-0.15, -0.1) is 0 Å². The summed E-state index contributed by atoms with van der Waals surface area (Å²) in [5, 5.41) is 21.4. The molecule has 2 aromatic carbocycles. The standard InChI is InChI=1S/C25H28FN7O3/c1-13(27)10-28-19-7-6-16(23-17(19)11-29-25(31-23)36-21-5-3-4-20(21)34)24(35)30-15-8-14-12-33(2)32-22(14)18(26)9-15/h6-9,11-13,20-21,28,34H,3-5,10,27H2,1-2H3,(H,30,35)/t13-,20?,21?/m0/s1. The molecule has 10 nitrogen and oxygen atoms in total. The zero-order valence-electron chi connectivity index (χ0n) is 20.0. The molecule has 1 fully saturated rings. The lowest BCUT2D eigenvalue weighted by Gasteiger charge is -2.17. The summed E-state index contributed by atoms with van der Waals surface area (Å²) in [6, 6.07) is 6.28. The number of carbonyl (C=O) groups is 1. The van der Waals surface area contributed by atoms with E-state index >= 15 is 0 Å². The Balaban J connectivity index is 1.50. The third-order valence-corrected chi connectivity index (χ3v) is 6.20. The summed E-state index contributed by atoms with van der Waals surface area (Å²) in [4.78, 5) is 22.2. The molecule has 2 heterocycles. The molecule has 2 unspecified atom stereocenters. The van der Waals surface area contributed by atoms with Crippen LogP contribution in [0, 0.1) is 5.82 Å². The predicted octanol–water partition coefficient (Wildman–Crippen LogP) is 2.96. The van der Waals surface area contributed by atoms with E-state index < -0.39 is 23.9 Å². The number of ether oxygens (including phenoxy) is 1. The third kappa shape index (κ3) is 4.79. The summed E-state index contributed by atoms with van der Waals surface area (Å²) in [6.07, 6.45) is 4.51. The second-order valence-electron chi connectivity index (χ2n) is 9.24. The minimum Gasteiger partial charge on any atom is -0.457 e. The van der Waals surface area contributed by atoms with Crippen molar-refractivity contribution in [3.05, 3.63) is 48.0 Å². The van der Waals surface area contributed by atoms with Crippen molar-refractivity contribution in [3.8, 4) is 6.01 Å². The van der Waals surface area contributed by atoms with Gasteiger partial charge in [0.2, 0.25) is 0 Å². The number of hydrogen-bond donors (Lipinski definition) is 4. The van der Waals surface area contributed by atoms with Gasteiger partial charge in [-0.25, -0.2) is 9.37 Å². The first-order chi connectivity index (χ1) is 17.3. The smallest absolute Gasteiger partial charge is 0.317 e. The summed E-state index contributed by atoms with van der Waals surface area (Å²) in [5.41, 5.74) is 7.77. The van der Waals surface area contributed by atoms with Crippen LogP contribution in [0.15, 0.2) is 36.7 Å². The van der Waals surface area contributed by atoms with Crippen LogP contribution in [0.25, 0.3) is 21.8 Å². The van der Waals surface area contributed by atoms with Gasteiger partial charge in [0.05, 0.1) is 17.2 Å². The van der Waals surface area contributed by atoms with Crippen LogP contribution in [-0.2, 0) is 7.05 Å². The van der Waals surface area contributed by atoms with Crippen LogP contribution in [0.2, 0.25) is 0 Å². The molecule has 0 bridgehead atoms. The van der Waals surface area contributed by atoms with E-state index in [2.05, 4.69) is 25.7 Å². The number of anilines is 2. The lowest BCUT2D eigenvalue weighted by Crippen LogP contribution is -2.26. The molecule has 3 atom stereocenters. The van der Waals surface area contributed by atoms with E-state index in [4.69, 9.17) is 10.5 Å². The fourth-order valence-electron chi connectivity index (χ4n) is 4.43. The average molecular weight is 494 g/mol. The van der Waals surface area contributed by atoms with E-state index in [1.54, 1.807) is 37.6 Å². The second kappa shape index (κ2) is 9.67. The van der Waals surface area contributed by atoms with Crippen molar-refractivity contribution in [2.24, 2.45) is 12.8 Å². The van der Waals surface area contributed by atoms with Gasteiger partial charge in [0.15, 0.2) is 5.82 Å². The molecule has 188 valence electrons. The van der Waals surface area contributed by atoms with Crippen molar-refractivity contribution in [2.75, 3.05) is 17.2 Å². The van der Waals surface area contributed by atoms with Crippen molar-refractivity contribution >= 4 is 39.1 Å². The number of nitrogens with two attached hydrogens (primary N) is 1. The highest BCUT2D eigenvalue weighted by Crippen LogP contribution is 2.29. The largest absolute Gasteiger partial charge is 0.457 e. The maximum atomic E-state index is 14.5. The number of amides is 1. The van der Waals surface area contributed by atoms with Gasteiger partial charge in [-0.2, -0.15) is 10.1 Å². The molecule has 4 aromatic rings. The number of carbonyl (C=O) groups excluding carboxylic acids is 1. The molecule has 11 heteroatoms. The van der Waals surface area contributed by atoms with Crippen LogP contribution in [0.1, 0.15) is 36.5 Å². The molecule has 5 rings (SSSR count). The topological polar surface area (TPSA) is 140 Å². The second-order valence-corrected chi connectivity index (χ2v) is 9.24. The highest BCUT2D eigenvalue weighted by molar-refractivity contribution is 6.14. The average Bonchev–Trinajstić information content (AvgIpc) is 3.41. The molecule has 0 saturated heterocycles. The van der Waals surface area contributed by atoms with Crippen molar-refractivity contribution in [2.45, 2.75) is 44.4 Å². The van der Waals surface area contributed by atoms with E-state index in [9.17, 15) is 14.3 Å². The number of nitrogens with one attached hydrogen (secondary N) is 2. The molecule has 1 aliphatic rings. The molecule has 0 radical (unpaired) electrons. The molecule has 5 N–H and O–H groups in total. The summed E-state index contributed by atoms with van der Waals surface area (Å²) < 4.78 is 21.9. The fourth-order valence-corrected chi connectivity index (χ4v) is 4.43. The van der Waals surface area contributed by atoms with Gasteiger partial charge in [0.25, 0.3) is 5.91 Å². The van der Waals surface area contributed by atoms with Crippen molar-refractivity contribution in [1.29, 1.82) is 0 Å². The number of benzene rings is 2. The number of aliphatic hydroxyl groups excluding tert-OH is 1. The zero-order valence-corrected chi connectivity index (χ0v) is 20.0. The minimum absolute atomic E-state index is 0.0784. The molecule has 1 aliphatic carbocycles. The zero-order chi connectivity index (χ0) is 25.4. The Morgan fingerprint density at radius 3 is 2.92 bits per heavy atom. The van der Waals surface area contributed by atoms with Gasteiger partial charge < -0.3 is 26.2 Å². The van der Waals surface area contributed by atoms with Crippen LogP contribution in [0.4, 0.5) is 15.8 Å². The molecule has 0 spiro atoms. The van der Waals surface area contributed by atoms with Gasteiger partial charge in [0.1, 0.15) is 11.6 Å². The van der Waals surface area contributed by atoms with Crippen LogP contribution in [-0.4, -0.2) is 55.6 Å². The summed E-state index contributed by atoms with van der Waals surface area (Å²) >= 11 is 0. The number of aryl methyl sites for hydroxylation is 1. The van der Waals surface area contributed by atoms with Crippen LogP contribution in [0.3, 0.4) is 0 Å². The van der Waals surface area contributed by atoms with Crippen LogP contribution < -0.4 is 21.1 Å². The molecular formula is C25H28FN7O3. The van der Waals surface area contributed by atoms with E-state index in [0.717, 1.165) is 6.42 Å². The van der Waals surface area contributed by atoms with Crippen LogP contribution in [0.5, 0.6) is 6.01 Å². The molecule has 36 heavy (non-hydrogen) atoms. The van der Waals surface area contributed by atoms with Crippen molar-refractivity contribution < 1.29 is 19.0 Å². The molecular weight excluding hydrogens is 465 g/mol. The van der Waals surface area contributed by atoms with E-state index in [1.807, 2.05) is 6.92 Å². The lowest BCUT2D eigenvalue weighted by atomic mass is 10.1. The number of fused-ring (bicyclic) bond motifs is 2. The number of hydrogen-bond acceptors (Lipinski definition) is 8. The Hall–Kier alpha value is -3.83. The van der Waals surface area contributed by atoms with E-state index in [0.29, 0.717) is 47.1 Å². The first-order valence-electron chi connectivity index (χ1n) is 11.9. The number of halogens is 1. The van der Waals surface area contributed by atoms with Gasteiger partial charge >= 0.3 is 6.01 Å². The van der Waals surface area contributed by atoms with Crippen molar-refractivity contribution in [3.63, 3.8) is 0 Å². The van der Waals surface area contributed by atoms with Gasteiger partial charge in [-0.1, -0.05) is 0 Å². The Morgan fingerprint density at radius 1 is 1.33 bits per heavy atom. The predicted molar refractivity (Wildman–Crippen MR) is 135 cm³/mol. The highest BCUT2D eigenvalue weighted by Gasteiger charge is 2.28. The Kier molecular flexibility index (Phi) is 6.42. The molecule has 1 saturated carbocycles. The van der Waals surface area contributed by atoms with Crippen molar-refractivity contribution in [1.82, 2.24) is 19.7 Å². The molecule has 0 aliphatic heterocycles. The van der Waals surface area contributed by atoms with E-state index in [-0.39, 0.29) is 23.1 Å². The first kappa shape index (κ1) is 23.9. The SMILES string of the molecule is C[C@H](N)CNc1ccc(C(=O)Nc2cc(F)c3nn(C)cc3c2)c2nc(OC3CCCC3O)ncc12. The number of rotatable bonds is 7. The summed E-state index contributed by atoms with van der Waals surface area (Å²) in [5.74, 6) is -0.997. The Morgan fingerprint density at radius 2 is 2.17 bits per heavy atom. The summed E-state index contributed by atoms with van der Waals surface area (Å²) in [6.45, 7) is 2.39. The van der Waals surface area contributed by atoms with E-state index in [1.165, 1.54) is 10.7 Å². The number of nitrogens with zero attached hydrogens (tertiary/aromatic N) is 4. The summed E-state index contributed by atoms with van der Waals surface area (Å²) in [7, 11) is 1.70. The van der Waals surface area contributed by atoms with Gasteiger partial charge in [-0.05, 0) is 50.5 Å². The van der Waals surface area contributed by atoms with Gasteiger partial charge in [-0.3, -0.25) is 9.48 Å².